The third-order valence-electron chi connectivity index (χ3n) is 4.48. The number of nitrogens with one attached hydrogen (secondary N) is 2. The average Bonchev–Trinajstić information content (AvgIpc) is 3.32. The van der Waals surface area contributed by atoms with E-state index in [4.69, 9.17) is 4.74 Å². The van der Waals surface area contributed by atoms with Gasteiger partial charge in [-0.2, -0.15) is 5.10 Å². The summed E-state index contributed by atoms with van der Waals surface area (Å²) in [6.07, 6.45) is 2.14. The summed E-state index contributed by atoms with van der Waals surface area (Å²) < 4.78 is 6.88. The molecule has 0 aliphatic heterocycles. The number of amides is 1. The van der Waals surface area contributed by atoms with Gasteiger partial charge in [0, 0.05) is 19.0 Å². The molecule has 0 unspecified atom stereocenters. The molecule has 2 N–H and O–H groups in total. The first-order valence-corrected chi connectivity index (χ1v) is 9.39. The van der Waals surface area contributed by atoms with Gasteiger partial charge < -0.3 is 15.0 Å². The summed E-state index contributed by atoms with van der Waals surface area (Å²) in [5, 5.41) is 15.3. The minimum atomic E-state index is -0.191. The van der Waals surface area contributed by atoms with Crippen LogP contribution in [0, 0.1) is 6.92 Å². The van der Waals surface area contributed by atoms with Crippen molar-refractivity contribution < 1.29 is 9.53 Å². The molecular formula is C20H21N7O2. The molecule has 9 heteroatoms. The number of aromatic amines is 1. The SMILES string of the molecule is CCOc1ccc(-n2ncc(C(=O)NCCc3nc4ccccc4[nH]3)c2C)nn1. The van der Waals surface area contributed by atoms with Gasteiger partial charge in [0.05, 0.1) is 35.1 Å². The van der Waals surface area contributed by atoms with Crippen molar-refractivity contribution >= 4 is 16.9 Å². The van der Waals surface area contributed by atoms with Gasteiger partial charge in [0.25, 0.3) is 5.91 Å². The van der Waals surface area contributed by atoms with E-state index in [-0.39, 0.29) is 5.91 Å². The van der Waals surface area contributed by atoms with Crippen LogP contribution in [0.25, 0.3) is 16.9 Å². The molecule has 0 aliphatic carbocycles. The zero-order valence-electron chi connectivity index (χ0n) is 16.2. The van der Waals surface area contributed by atoms with E-state index in [1.807, 2.05) is 38.1 Å². The number of carbonyl (C=O) groups is 1. The van der Waals surface area contributed by atoms with Crippen LogP contribution in [-0.4, -0.2) is 49.0 Å². The number of H-pyrrole nitrogens is 1. The second-order valence-corrected chi connectivity index (χ2v) is 6.42. The van der Waals surface area contributed by atoms with Gasteiger partial charge in [0.15, 0.2) is 5.82 Å². The molecule has 1 amide bonds. The van der Waals surface area contributed by atoms with Crippen LogP contribution in [0.15, 0.2) is 42.6 Å². The van der Waals surface area contributed by atoms with Crippen LogP contribution < -0.4 is 10.1 Å². The maximum absolute atomic E-state index is 12.6. The number of ether oxygens (including phenoxy) is 1. The Kier molecular flexibility index (Phi) is 5.19. The molecule has 3 heterocycles. The fraction of sp³-hybridized carbons (Fsp3) is 0.250. The zero-order valence-corrected chi connectivity index (χ0v) is 16.2. The van der Waals surface area contributed by atoms with E-state index in [1.54, 1.807) is 16.8 Å². The lowest BCUT2D eigenvalue weighted by atomic mass is 10.2. The normalized spacial score (nSPS) is 11.0. The van der Waals surface area contributed by atoms with E-state index in [0.717, 1.165) is 16.9 Å². The molecular weight excluding hydrogens is 370 g/mol. The molecule has 0 atom stereocenters. The number of carbonyl (C=O) groups excluding carboxylic acids is 1. The summed E-state index contributed by atoms with van der Waals surface area (Å²) in [5.74, 6) is 1.62. The summed E-state index contributed by atoms with van der Waals surface area (Å²) >= 11 is 0. The highest BCUT2D eigenvalue weighted by Gasteiger charge is 2.16. The van der Waals surface area contributed by atoms with Crippen LogP contribution >= 0.6 is 0 Å². The van der Waals surface area contributed by atoms with Crippen molar-refractivity contribution in [3.05, 3.63) is 59.7 Å². The topological polar surface area (TPSA) is 111 Å². The molecule has 0 radical (unpaired) electrons. The van der Waals surface area contributed by atoms with Gasteiger partial charge in [-0.05, 0) is 32.0 Å². The fourth-order valence-electron chi connectivity index (χ4n) is 3.03. The Morgan fingerprint density at radius 2 is 2.07 bits per heavy atom. The lowest BCUT2D eigenvalue weighted by molar-refractivity contribution is 0.0953. The van der Waals surface area contributed by atoms with Crippen molar-refractivity contribution in [3.8, 4) is 11.7 Å². The van der Waals surface area contributed by atoms with Gasteiger partial charge in [0.1, 0.15) is 5.82 Å². The molecule has 0 saturated carbocycles. The lowest BCUT2D eigenvalue weighted by Gasteiger charge is -2.06. The molecule has 4 aromatic rings. The molecule has 3 aromatic heterocycles. The highest BCUT2D eigenvalue weighted by Crippen LogP contribution is 2.14. The van der Waals surface area contributed by atoms with Crippen LogP contribution in [0.5, 0.6) is 5.88 Å². The largest absolute Gasteiger partial charge is 0.477 e. The Balaban J connectivity index is 1.40. The molecule has 4 rings (SSSR count). The van der Waals surface area contributed by atoms with Crippen molar-refractivity contribution in [1.82, 2.24) is 35.3 Å². The van der Waals surface area contributed by atoms with Crippen LogP contribution in [-0.2, 0) is 6.42 Å². The maximum Gasteiger partial charge on any atom is 0.254 e. The number of benzene rings is 1. The number of aromatic nitrogens is 6. The Bertz CT molecular complexity index is 1100. The summed E-state index contributed by atoms with van der Waals surface area (Å²) in [7, 11) is 0. The summed E-state index contributed by atoms with van der Waals surface area (Å²) in [4.78, 5) is 20.3. The Morgan fingerprint density at radius 3 is 2.83 bits per heavy atom. The predicted molar refractivity (Wildman–Crippen MR) is 107 cm³/mol. The quantitative estimate of drug-likeness (QED) is 0.500. The second-order valence-electron chi connectivity index (χ2n) is 6.42. The number of hydrogen-bond donors (Lipinski definition) is 2. The molecule has 1 aromatic carbocycles. The van der Waals surface area contributed by atoms with Crippen molar-refractivity contribution in [2.75, 3.05) is 13.2 Å². The Hall–Kier alpha value is -3.75. The van der Waals surface area contributed by atoms with Crippen molar-refractivity contribution in [1.29, 1.82) is 0 Å². The monoisotopic (exact) mass is 391 g/mol. The summed E-state index contributed by atoms with van der Waals surface area (Å²) in [6, 6.07) is 11.3. The molecule has 0 saturated heterocycles. The molecule has 0 aliphatic rings. The molecule has 29 heavy (non-hydrogen) atoms. The van der Waals surface area contributed by atoms with Gasteiger partial charge in [-0.25, -0.2) is 9.67 Å². The first kappa shape index (κ1) is 18.6. The summed E-state index contributed by atoms with van der Waals surface area (Å²) in [6.45, 7) is 4.69. The van der Waals surface area contributed by atoms with Crippen molar-refractivity contribution in [3.63, 3.8) is 0 Å². The minimum absolute atomic E-state index is 0.191. The van der Waals surface area contributed by atoms with Gasteiger partial charge in [-0.15, -0.1) is 10.2 Å². The molecule has 0 bridgehead atoms. The number of rotatable bonds is 7. The van der Waals surface area contributed by atoms with Gasteiger partial charge >= 0.3 is 0 Å². The second kappa shape index (κ2) is 8.09. The van der Waals surface area contributed by atoms with Gasteiger partial charge in [-0.1, -0.05) is 12.1 Å². The first-order valence-electron chi connectivity index (χ1n) is 9.39. The van der Waals surface area contributed by atoms with E-state index in [1.165, 1.54) is 6.20 Å². The number of hydrogen-bond acceptors (Lipinski definition) is 6. The predicted octanol–water partition coefficient (Wildman–Crippen LogP) is 2.22. The van der Waals surface area contributed by atoms with Crippen molar-refractivity contribution in [2.24, 2.45) is 0 Å². The van der Waals surface area contributed by atoms with Crippen LogP contribution in [0.3, 0.4) is 0 Å². The minimum Gasteiger partial charge on any atom is -0.477 e. The van der Waals surface area contributed by atoms with Crippen LogP contribution in [0.1, 0.15) is 28.8 Å². The van der Waals surface area contributed by atoms with Gasteiger partial charge in [-0.3, -0.25) is 4.79 Å². The van der Waals surface area contributed by atoms with Crippen molar-refractivity contribution in [2.45, 2.75) is 20.3 Å². The van der Waals surface area contributed by atoms with Crippen LogP contribution in [0.2, 0.25) is 0 Å². The Labute approximate surface area is 167 Å². The Morgan fingerprint density at radius 1 is 1.21 bits per heavy atom. The van der Waals surface area contributed by atoms with Crippen LogP contribution in [0.4, 0.5) is 0 Å². The average molecular weight is 391 g/mol. The molecule has 0 fully saturated rings. The van der Waals surface area contributed by atoms with E-state index >= 15 is 0 Å². The van der Waals surface area contributed by atoms with Gasteiger partial charge in [0.2, 0.25) is 5.88 Å². The first-order chi connectivity index (χ1) is 14.2. The van der Waals surface area contributed by atoms with E-state index in [0.29, 0.717) is 42.5 Å². The lowest BCUT2D eigenvalue weighted by Crippen LogP contribution is -2.26. The number of fused-ring (bicyclic) bond motifs is 1. The smallest absolute Gasteiger partial charge is 0.254 e. The third kappa shape index (κ3) is 3.93. The summed E-state index contributed by atoms with van der Waals surface area (Å²) in [5.41, 5.74) is 3.08. The number of para-hydroxylation sites is 2. The number of nitrogens with zero attached hydrogens (tertiary/aromatic N) is 5. The standard InChI is InChI=1S/C20H21N7O2/c1-3-29-19-9-8-18(25-26-19)27-13(2)14(12-22-27)20(28)21-11-10-17-23-15-6-4-5-7-16(15)24-17/h4-9,12H,3,10-11H2,1-2H3,(H,21,28)(H,23,24). The fourth-order valence-corrected chi connectivity index (χ4v) is 3.03. The number of imidazole rings is 1. The third-order valence-corrected chi connectivity index (χ3v) is 4.48. The maximum atomic E-state index is 12.6. The van der Waals surface area contributed by atoms with E-state index in [2.05, 4.69) is 30.6 Å². The molecule has 148 valence electrons. The zero-order chi connectivity index (χ0) is 20.2. The molecule has 9 nitrogen and oxygen atoms in total. The van der Waals surface area contributed by atoms with E-state index in [9.17, 15) is 4.79 Å². The van der Waals surface area contributed by atoms with E-state index < -0.39 is 0 Å². The molecule has 0 spiro atoms. The highest BCUT2D eigenvalue weighted by atomic mass is 16.5. The highest BCUT2D eigenvalue weighted by molar-refractivity contribution is 5.95.